The van der Waals surface area contributed by atoms with Crippen molar-refractivity contribution in [3.63, 3.8) is 0 Å². The summed E-state index contributed by atoms with van der Waals surface area (Å²) in [5.74, 6) is -2.63. The summed E-state index contributed by atoms with van der Waals surface area (Å²) in [6.45, 7) is 0. The van der Waals surface area contributed by atoms with E-state index in [9.17, 15) is 13.2 Å². The van der Waals surface area contributed by atoms with Gasteiger partial charge in [0.15, 0.2) is 0 Å². The van der Waals surface area contributed by atoms with Crippen LogP contribution in [0, 0.1) is 17.5 Å². The van der Waals surface area contributed by atoms with Gasteiger partial charge >= 0.3 is 0 Å². The second kappa shape index (κ2) is 4.02. The van der Waals surface area contributed by atoms with Crippen LogP contribution >= 0.6 is 0 Å². The van der Waals surface area contributed by atoms with Gasteiger partial charge in [-0.05, 0) is 23.1 Å². The molecule has 0 radical (unpaired) electrons. The van der Waals surface area contributed by atoms with Crippen LogP contribution in [0.1, 0.15) is 16.7 Å². The van der Waals surface area contributed by atoms with E-state index in [4.69, 9.17) is 0 Å². The molecule has 0 N–H and O–H groups in total. The number of halogens is 3. The van der Waals surface area contributed by atoms with Crippen LogP contribution in [0.3, 0.4) is 0 Å². The SMILES string of the molecule is Fc1cc(F)c(C2=CCc3ccccc32)c(F)c1. The fourth-order valence-electron chi connectivity index (χ4n) is 2.32. The van der Waals surface area contributed by atoms with Crippen LogP contribution < -0.4 is 0 Å². The van der Waals surface area contributed by atoms with Gasteiger partial charge in [-0.1, -0.05) is 30.3 Å². The first-order valence-electron chi connectivity index (χ1n) is 5.60. The summed E-state index contributed by atoms with van der Waals surface area (Å²) >= 11 is 0. The van der Waals surface area contributed by atoms with Crippen molar-refractivity contribution < 1.29 is 13.2 Å². The Kier molecular flexibility index (Phi) is 2.47. The van der Waals surface area contributed by atoms with E-state index < -0.39 is 17.5 Å². The van der Waals surface area contributed by atoms with Gasteiger partial charge in [0.25, 0.3) is 0 Å². The number of rotatable bonds is 1. The topological polar surface area (TPSA) is 0 Å². The van der Waals surface area contributed by atoms with E-state index in [0.717, 1.165) is 11.1 Å². The summed E-state index contributed by atoms with van der Waals surface area (Å²) in [6, 6.07) is 8.85. The first-order chi connectivity index (χ1) is 8.66. The summed E-state index contributed by atoms with van der Waals surface area (Å²) in [5, 5.41) is 0. The molecule has 0 aliphatic heterocycles. The molecule has 0 heterocycles. The molecule has 0 saturated heterocycles. The quantitative estimate of drug-likeness (QED) is 0.710. The van der Waals surface area contributed by atoms with Gasteiger partial charge < -0.3 is 0 Å². The van der Waals surface area contributed by atoms with Crippen LogP contribution in [0.2, 0.25) is 0 Å². The Morgan fingerprint density at radius 1 is 0.889 bits per heavy atom. The molecule has 0 atom stereocenters. The zero-order valence-electron chi connectivity index (χ0n) is 9.38. The van der Waals surface area contributed by atoms with Gasteiger partial charge in [-0.15, -0.1) is 0 Å². The summed E-state index contributed by atoms with van der Waals surface area (Å²) in [4.78, 5) is 0. The monoisotopic (exact) mass is 246 g/mol. The number of hydrogen-bond donors (Lipinski definition) is 0. The molecule has 0 saturated carbocycles. The second-order valence-corrected chi connectivity index (χ2v) is 4.22. The van der Waals surface area contributed by atoms with Gasteiger partial charge in [0.05, 0.1) is 5.56 Å². The number of fused-ring (bicyclic) bond motifs is 1. The minimum absolute atomic E-state index is 0.152. The average Bonchev–Trinajstić information content (AvgIpc) is 2.72. The predicted octanol–water partition coefficient (Wildman–Crippen LogP) is 4.09. The largest absolute Gasteiger partial charge is 0.207 e. The summed E-state index contributed by atoms with van der Waals surface area (Å²) in [6.07, 6.45) is 2.41. The minimum atomic E-state index is -0.902. The maximum Gasteiger partial charge on any atom is 0.136 e. The normalized spacial score (nSPS) is 13.4. The van der Waals surface area contributed by atoms with Gasteiger partial charge in [0.2, 0.25) is 0 Å². The molecule has 3 rings (SSSR count). The Morgan fingerprint density at radius 3 is 2.28 bits per heavy atom. The smallest absolute Gasteiger partial charge is 0.136 e. The highest BCUT2D eigenvalue weighted by molar-refractivity contribution is 5.85. The van der Waals surface area contributed by atoms with E-state index >= 15 is 0 Å². The maximum atomic E-state index is 13.7. The van der Waals surface area contributed by atoms with E-state index in [2.05, 4.69) is 0 Å². The molecule has 0 spiro atoms. The molecule has 0 bridgehead atoms. The van der Waals surface area contributed by atoms with Crippen molar-refractivity contribution in [1.82, 2.24) is 0 Å². The highest BCUT2D eigenvalue weighted by Gasteiger charge is 2.21. The lowest BCUT2D eigenvalue weighted by Gasteiger charge is -2.08. The molecule has 18 heavy (non-hydrogen) atoms. The Balaban J connectivity index is 2.19. The molecule has 90 valence electrons. The van der Waals surface area contributed by atoms with Gasteiger partial charge in [0, 0.05) is 12.1 Å². The van der Waals surface area contributed by atoms with Gasteiger partial charge in [-0.25, -0.2) is 13.2 Å². The van der Waals surface area contributed by atoms with Crippen LogP contribution in [-0.2, 0) is 6.42 Å². The lowest BCUT2D eigenvalue weighted by Crippen LogP contribution is -1.97. The first kappa shape index (κ1) is 11.1. The van der Waals surface area contributed by atoms with E-state index in [1.807, 2.05) is 24.3 Å². The fraction of sp³-hybridized carbons (Fsp3) is 0.0667. The van der Waals surface area contributed by atoms with Crippen molar-refractivity contribution in [3.8, 4) is 0 Å². The molecule has 3 heteroatoms. The lowest BCUT2D eigenvalue weighted by atomic mass is 9.98. The van der Waals surface area contributed by atoms with Crippen LogP contribution in [0.5, 0.6) is 0 Å². The summed E-state index contributed by atoms with van der Waals surface area (Å²) in [7, 11) is 0. The van der Waals surface area contributed by atoms with Gasteiger partial charge in [-0.3, -0.25) is 0 Å². The lowest BCUT2D eigenvalue weighted by molar-refractivity contribution is 0.539. The molecule has 1 aliphatic rings. The van der Waals surface area contributed by atoms with E-state index in [0.29, 0.717) is 24.1 Å². The van der Waals surface area contributed by atoms with E-state index in [1.165, 1.54) is 0 Å². The summed E-state index contributed by atoms with van der Waals surface area (Å²) in [5.41, 5.74) is 2.18. The predicted molar refractivity (Wildman–Crippen MR) is 63.5 cm³/mol. The van der Waals surface area contributed by atoms with Crippen molar-refractivity contribution in [1.29, 1.82) is 0 Å². The molecule has 0 aromatic heterocycles. The zero-order chi connectivity index (χ0) is 12.7. The Morgan fingerprint density at radius 2 is 1.56 bits per heavy atom. The van der Waals surface area contributed by atoms with Crippen molar-refractivity contribution in [2.75, 3.05) is 0 Å². The third-order valence-corrected chi connectivity index (χ3v) is 3.11. The number of allylic oxidation sites excluding steroid dienone is 1. The number of hydrogen-bond acceptors (Lipinski definition) is 0. The first-order valence-corrected chi connectivity index (χ1v) is 5.60. The molecule has 0 fully saturated rings. The average molecular weight is 246 g/mol. The fourth-order valence-corrected chi connectivity index (χ4v) is 2.32. The van der Waals surface area contributed by atoms with Crippen LogP contribution in [0.25, 0.3) is 5.57 Å². The minimum Gasteiger partial charge on any atom is -0.207 e. The Bertz CT molecular complexity index is 634. The molecular weight excluding hydrogens is 237 g/mol. The Hall–Kier alpha value is -2.03. The standard InChI is InChI=1S/C15H9F3/c16-10-7-13(17)15(14(18)8-10)12-6-5-9-3-1-2-4-11(9)12/h1-4,6-8H,5H2. The molecule has 2 aromatic rings. The molecular formula is C15H9F3. The molecule has 1 aliphatic carbocycles. The van der Waals surface area contributed by atoms with Gasteiger partial charge in [0.1, 0.15) is 17.5 Å². The third-order valence-electron chi connectivity index (χ3n) is 3.11. The second-order valence-electron chi connectivity index (χ2n) is 4.22. The number of benzene rings is 2. The van der Waals surface area contributed by atoms with E-state index in [-0.39, 0.29) is 5.56 Å². The highest BCUT2D eigenvalue weighted by Crippen LogP contribution is 2.35. The highest BCUT2D eigenvalue weighted by atomic mass is 19.1. The molecule has 0 amide bonds. The molecule has 0 unspecified atom stereocenters. The van der Waals surface area contributed by atoms with Crippen molar-refractivity contribution in [3.05, 3.63) is 76.6 Å². The molecule has 0 nitrogen and oxygen atoms in total. The third kappa shape index (κ3) is 1.63. The van der Waals surface area contributed by atoms with Crippen LogP contribution in [0.4, 0.5) is 13.2 Å². The van der Waals surface area contributed by atoms with Crippen LogP contribution in [-0.4, -0.2) is 0 Å². The van der Waals surface area contributed by atoms with E-state index in [1.54, 1.807) is 6.08 Å². The molecule has 2 aromatic carbocycles. The van der Waals surface area contributed by atoms with Crippen molar-refractivity contribution >= 4 is 5.57 Å². The Labute approximate surface area is 102 Å². The van der Waals surface area contributed by atoms with Crippen molar-refractivity contribution in [2.45, 2.75) is 6.42 Å². The summed E-state index contributed by atoms with van der Waals surface area (Å²) < 4.78 is 40.4. The van der Waals surface area contributed by atoms with Gasteiger partial charge in [-0.2, -0.15) is 0 Å². The maximum absolute atomic E-state index is 13.7. The zero-order valence-corrected chi connectivity index (χ0v) is 9.38. The van der Waals surface area contributed by atoms with Crippen molar-refractivity contribution in [2.24, 2.45) is 0 Å². The van der Waals surface area contributed by atoms with Crippen LogP contribution in [0.15, 0.2) is 42.5 Å².